The molecule has 7 nitrogen and oxygen atoms in total. The number of sulfonamides is 1. The number of carbonyl (C=O) groups excluding carboxylic acids is 1. The lowest BCUT2D eigenvalue weighted by molar-refractivity contribution is 0.0698. The van der Waals surface area contributed by atoms with E-state index in [9.17, 15) is 13.2 Å². The molecule has 0 aromatic heterocycles. The van der Waals surface area contributed by atoms with E-state index < -0.39 is 10.0 Å². The fraction of sp³-hybridized carbons (Fsp3) is 0.263. The minimum absolute atomic E-state index is 0.144. The van der Waals surface area contributed by atoms with Crippen molar-refractivity contribution in [1.82, 2.24) is 9.21 Å². The summed E-state index contributed by atoms with van der Waals surface area (Å²) in [5, 5.41) is 8.84. The van der Waals surface area contributed by atoms with Crippen molar-refractivity contribution in [2.24, 2.45) is 0 Å². The van der Waals surface area contributed by atoms with Crippen molar-refractivity contribution >= 4 is 31.9 Å². The number of piperazine rings is 1. The van der Waals surface area contributed by atoms with Gasteiger partial charge in [0.05, 0.1) is 28.1 Å². The fourth-order valence-corrected chi connectivity index (χ4v) is 4.93. The second kappa shape index (κ2) is 8.31. The molecule has 9 heteroatoms. The fourth-order valence-electron chi connectivity index (χ4n) is 2.96. The molecular weight excluding hydrogens is 446 g/mol. The van der Waals surface area contributed by atoms with Gasteiger partial charge in [-0.2, -0.15) is 9.57 Å². The second-order valence-electron chi connectivity index (χ2n) is 6.18. The molecule has 0 N–H and O–H groups in total. The van der Waals surface area contributed by atoms with E-state index in [1.807, 2.05) is 6.07 Å². The molecule has 0 radical (unpaired) electrons. The van der Waals surface area contributed by atoms with Crippen LogP contribution in [-0.4, -0.2) is 56.8 Å². The summed E-state index contributed by atoms with van der Waals surface area (Å²) in [6, 6.07) is 12.9. The Labute approximate surface area is 172 Å². The van der Waals surface area contributed by atoms with Crippen molar-refractivity contribution in [2.75, 3.05) is 33.3 Å². The summed E-state index contributed by atoms with van der Waals surface area (Å²) in [5.41, 5.74) is 0.913. The highest BCUT2D eigenvalue weighted by Crippen LogP contribution is 2.26. The lowest BCUT2D eigenvalue weighted by Gasteiger charge is -2.34. The first-order valence-corrected chi connectivity index (χ1v) is 10.7. The van der Waals surface area contributed by atoms with E-state index in [-0.39, 0.29) is 23.9 Å². The zero-order valence-corrected chi connectivity index (χ0v) is 17.5. The van der Waals surface area contributed by atoms with Crippen molar-refractivity contribution in [2.45, 2.75) is 4.90 Å². The van der Waals surface area contributed by atoms with Gasteiger partial charge >= 0.3 is 0 Å². The molecule has 1 saturated heterocycles. The minimum Gasteiger partial charge on any atom is -0.496 e. The third kappa shape index (κ3) is 4.04. The summed E-state index contributed by atoms with van der Waals surface area (Å²) in [6.45, 7) is 1.03. The molecule has 28 heavy (non-hydrogen) atoms. The molecule has 0 unspecified atom stereocenters. The molecule has 1 aliphatic heterocycles. The summed E-state index contributed by atoms with van der Waals surface area (Å²) in [6.07, 6.45) is 0. The number of ether oxygens (including phenoxy) is 1. The first-order chi connectivity index (χ1) is 13.4. The van der Waals surface area contributed by atoms with Crippen LogP contribution in [0.3, 0.4) is 0 Å². The molecule has 0 saturated carbocycles. The van der Waals surface area contributed by atoms with Gasteiger partial charge in [-0.3, -0.25) is 4.79 Å². The molecule has 0 aliphatic carbocycles. The van der Waals surface area contributed by atoms with E-state index in [0.29, 0.717) is 34.4 Å². The Balaban J connectivity index is 1.68. The minimum atomic E-state index is -3.65. The Morgan fingerprint density at radius 3 is 2.29 bits per heavy atom. The number of methoxy groups -OCH3 is 1. The highest BCUT2D eigenvalue weighted by atomic mass is 79.9. The van der Waals surface area contributed by atoms with Crippen LogP contribution in [0.25, 0.3) is 0 Å². The Kier molecular flexibility index (Phi) is 6.03. The van der Waals surface area contributed by atoms with Gasteiger partial charge in [0.25, 0.3) is 5.91 Å². The maximum absolute atomic E-state index is 12.8. The molecule has 0 spiro atoms. The van der Waals surface area contributed by atoms with Crippen molar-refractivity contribution in [3.05, 3.63) is 58.1 Å². The van der Waals surface area contributed by atoms with Gasteiger partial charge in [0.1, 0.15) is 5.75 Å². The highest BCUT2D eigenvalue weighted by Gasteiger charge is 2.30. The maximum Gasteiger partial charge on any atom is 0.253 e. The van der Waals surface area contributed by atoms with Crippen molar-refractivity contribution in [3.8, 4) is 11.8 Å². The summed E-state index contributed by atoms with van der Waals surface area (Å²) in [7, 11) is -2.10. The molecule has 0 bridgehead atoms. The van der Waals surface area contributed by atoms with Gasteiger partial charge in [0.15, 0.2) is 0 Å². The normalized spacial score (nSPS) is 15.1. The molecular formula is C19H18BrN3O4S. The number of carbonyl (C=O) groups is 1. The second-order valence-corrected chi connectivity index (χ2v) is 8.97. The van der Waals surface area contributed by atoms with E-state index in [4.69, 9.17) is 10.00 Å². The third-order valence-electron chi connectivity index (χ3n) is 4.55. The summed E-state index contributed by atoms with van der Waals surface area (Å²) >= 11 is 3.37. The van der Waals surface area contributed by atoms with Gasteiger partial charge in [-0.1, -0.05) is 0 Å². The number of hydrogen-bond donors (Lipinski definition) is 0. The number of amides is 1. The van der Waals surface area contributed by atoms with Crippen LogP contribution in [0.2, 0.25) is 0 Å². The largest absolute Gasteiger partial charge is 0.496 e. The van der Waals surface area contributed by atoms with Crippen LogP contribution in [-0.2, 0) is 10.0 Å². The van der Waals surface area contributed by atoms with Gasteiger partial charge in [0.2, 0.25) is 10.0 Å². The molecule has 2 aromatic rings. The summed E-state index contributed by atoms with van der Waals surface area (Å²) in [4.78, 5) is 14.5. The lowest BCUT2D eigenvalue weighted by atomic mass is 10.2. The zero-order valence-electron chi connectivity index (χ0n) is 15.1. The van der Waals surface area contributed by atoms with Crippen molar-refractivity contribution in [3.63, 3.8) is 0 Å². The molecule has 1 aliphatic rings. The smallest absolute Gasteiger partial charge is 0.253 e. The standard InChI is InChI=1S/C19H18BrN3O4S/c1-27-18-7-4-15(12-17(18)20)19(24)22-8-10-23(11-9-22)28(25,26)16-5-2-14(13-21)3-6-16/h2-7,12H,8-11H2,1H3. The number of rotatable bonds is 4. The highest BCUT2D eigenvalue weighted by molar-refractivity contribution is 9.10. The van der Waals surface area contributed by atoms with E-state index in [1.54, 1.807) is 30.2 Å². The molecule has 1 amide bonds. The van der Waals surface area contributed by atoms with E-state index >= 15 is 0 Å². The quantitative estimate of drug-likeness (QED) is 0.694. The number of nitrogens with zero attached hydrogens (tertiary/aromatic N) is 3. The number of hydrogen-bond acceptors (Lipinski definition) is 5. The topological polar surface area (TPSA) is 90.7 Å². The predicted octanol–water partition coefficient (Wildman–Crippen LogP) is 2.48. The van der Waals surface area contributed by atoms with E-state index in [1.165, 1.54) is 28.6 Å². The van der Waals surface area contributed by atoms with E-state index in [0.717, 1.165) is 0 Å². The van der Waals surface area contributed by atoms with Crippen LogP contribution in [0.4, 0.5) is 0 Å². The lowest BCUT2D eigenvalue weighted by Crippen LogP contribution is -2.50. The number of benzene rings is 2. The van der Waals surface area contributed by atoms with E-state index in [2.05, 4.69) is 15.9 Å². The molecule has 3 rings (SSSR count). The Hall–Kier alpha value is -2.41. The molecule has 1 fully saturated rings. The van der Waals surface area contributed by atoms with Gasteiger partial charge in [-0.25, -0.2) is 8.42 Å². The summed E-state index contributed by atoms with van der Waals surface area (Å²) < 4.78 is 32.8. The van der Waals surface area contributed by atoms with Gasteiger partial charge in [-0.15, -0.1) is 0 Å². The Morgan fingerprint density at radius 2 is 1.75 bits per heavy atom. The van der Waals surface area contributed by atoms with Crippen molar-refractivity contribution < 1.29 is 17.9 Å². The Morgan fingerprint density at radius 1 is 1.11 bits per heavy atom. The molecule has 2 aromatic carbocycles. The first kappa shape index (κ1) is 20.3. The van der Waals surface area contributed by atoms with Crippen LogP contribution >= 0.6 is 15.9 Å². The SMILES string of the molecule is COc1ccc(C(=O)N2CCN(S(=O)(=O)c3ccc(C#N)cc3)CC2)cc1Br. The van der Waals surface area contributed by atoms with Crippen LogP contribution in [0.5, 0.6) is 5.75 Å². The van der Waals surface area contributed by atoms with Gasteiger partial charge in [-0.05, 0) is 58.4 Å². The average molecular weight is 464 g/mol. The number of halogens is 1. The molecule has 0 atom stereocenters. The molecule has 146 valence electrons. The van der Waals surface area contributed by atoms with Crippen LogP contribution in [0.15, 0.2) is 51.8 Å². The van der Waals surface area contributed by atoms with Crippen LogP contribution < -0.4 is 4.74 Å². The predicted molar refractivity (Wildman–Crippen MR) is 107 cm³/mol. The maximum atomic E-state index is 12.8. The average Bonchev–Trinajstić information content (AvgIpc) is 2.73. The summed E-state index contributed by atoms with van der Waals surface area (Å²) in [5.74, 6) is 0.480. The monoisotopic (exact) mass is 463 g/mol. The first-order valence-electron chi connectivity index (χ1n) is 8.50. The van der Waals surface area contributed by atoms with Gasteiger partial charge < -0.3 is 9.64 Å². The van der Waals surface area contributed by atoms with Crippen LogP contribution in [0, 0.1) is 11.3 Å². The van der Waals surface area contributed by atoms with Gasteiger partial charge in [0, 0.05) is 31.7 Å². The van der Waals surface area contributed by atoms with Crippen molar-refractivity contribution in [1.29, 1.82) is 5.26 Å². The number of nitriles is 1. The molecule has 1 heterocycles. The third-order valence-corrected chi connectivity index (χ3v) is 7.08. The Bertz CT molecular complexity index is 1020. The zero-order chi connectivity index (χ0) is 20.3. The van der Waals surface area contributed by atoms with Crippen LogP contribution in [0.1, 0.15) is 15.9 Å².